The highest BCUT2D eigenvalue weighted by molar-refractivity contribution is 6.42. The summed E-state index contributed by atoms with van der Waals surface area (Å²) in [6, 6.07) is 12.4. The molecule has 0 amide bonds. The van der Waals surface area contributed by atoms with Crippen LogP contribution in [0.1, 0.15) is 24.1 Å². The minimum absolute atomic E-state index is 0.102. The van der Waals surface area contributed by atoms with Crippen molar-refractivity contribution >= 4 is 23.2 Å². The van der Waals surface area contributed by atoms with Gasteiger partial charge in [-0.2, -0.15) is 0 Å². The van der Waals surface area contributed by atoms with Crippen LogP contribution < -0.4 is 0 Å². The van der Waals surface area contributed by atoms with Gasteiger partial charge in [0.15, 0.2) is 0 Å². The normalized spacial score (nSPS) is 18.4. The molecule has 1 atom stereocenters. The molecule has 3 rings (SSSR count). The van der Waals surface area contributed by atoms with Crippen LogP contribution in [-0.4, -0.2) is 17.1 Å². The van der Waals surface area contributed by atoms with Gasteiger partial charge in [0.25, 0.3) is 0 Å². The van der Waals surface area contributed by atoms with Gasteiger partial charge in [0.1, 0.15) is 5.82 Å². The van der Waals surface area contributed by atoms with E-state index in [-0.39, 0.29) is 11.9 Å². The molecule has 1 heterocycles. The highest BCUT2D eigenvalue weighted by atomic mass is 35.5. The van der Waals surface area contributed by atoms with Gasteiger partial charge >= 0.3 is 0 Å². The summed E-state index contributed by atoms with van der Waals surface area (Å²) < 4.78 is 13.0. The first kappa shape index (κ1) is 16.3. The van der Waals surface area contributed by atoms with E-state index in [2.05, 4.69) is 23.0 Å². The van der Waals surface area contributed by atoms with Crippen LogP contribution in [-0.2, 0) is 6.54 Å². The Hall–Kier alpha value is -1.55. The van der Waals surface area contributed by atoms with E-state index < -0.39 is 0 Å². The van der Waals surface area contributed by atoms with Gasteiger partial charge in [-0.05, 0) is 48.4 Å². The van der Waals surface area contributed by atoms with Crippen molar-refractivity contribution < 1.29 is 4.39 Å². The molecule has 1 aliphatic rings. The van der Waals surface area contributed by atoms with Crippen LogP contribution in [0.25, 0.3) is 0 Å². The second kappa shape index (κ2) is 6.52. The molecular formula is C18H17Cl2FN2. The van der Waals surface area contributed by atoms with E-state index in [1.807, 2.05) is 37.4 Å². The van der Waals surface area contributed by atoms with Gasteiger partial charge in [0.05, 0.1) is 22.6 Å². The summed E-state index contributed by atoms with van der Waals surface area (Å²) in [5.41, 5.74) is 3.29. The molecule has 0 N–H and O–H groups in total. The molecule has 0 radical (unpaired) electrons. The Bertz CT molecular complexity index is 743. The van der Waals surface area contributed by atoms with Crippen LogP contribution in [0.5, 0.6) is 0 Å². The van der Waals surface area contributed by atoms with Crippen molar-refractivity contribution in [1.82, 2.24) is 10.0 Å². The molecule has 120 valence electrons. The summed E-state index contributed by atoms with van der Waals surface area (Å²) in [7, 11) is 2.03. The van der Waals surface area contributed by atoms with Crippen LogP contribution in [0.4, 0.5) is 4.39 Å². The number of nitrogens with zero attached hydrogens (tertiary/aromatic N) is 2. The van der Waals surface area contributed by atoms with Crippen LogP contribution in [0, 0.1) is 5.82 Å². The fraction of sp³-hybridized carbons (Fsp3) is 0.222. The lowest BCUT2D eigenvalue weighted by Crippen LogP contribution is -2.34. The smallest absolute Gasteiger partial charge is 0.123 e. The highest BCUT2D eigenvalue weighted by Gasteiger charge is 2.28. The summed E-state index contributed by atoms with van der Waals surface area (Å²) in [5.74, 6) is -0.218. The third kappa shape index (κ3) is 3.37. The second-order valence-corrected chi connectivity index (χ2v) is 6.50. The lowest BCUT2D eigenvalue weighted by molar-refractivity contribution is 0.0269. The molecule has 23 heavy (non-hydrogen) atoms. The van der Waals surface area contributed by atoms with E-state index in [0.717, 1.165) is 16.8 Å². The van der Waals surface area contributed by atoms with Crippen LogP contribution in [0.3, 0.4) is 0 Å². The van der Waals surface area contributed by atoms with Crippen molar-refractivity contribution in [3.63, 3.8) is 0 Å². The van der Waals surface area contributed by atoms with Crippen molar-refractivity contribution in [1.29, 1.82) is 0 Å². The minimum Gasteiger partial charge on any atom is -0.305 e. The zero-order valence-electron chi connectivity index (χ0n) is 12.9. The predicted octanol–water partition coefficient (Wildman–Crippen LogP) is 5.44. The van der Waals surface area contributed by atoms with E-state index in [1.54, 1.807) is 0 Å². The molecule has 2 nitrogen and oxygen atoms in total. The SMILES string of the molecule is CC1=CC(c2ccc(Cl)c(Cl)c2)N(C)N1Cc1ccc(F)cc1. The number of hydrazine groups is 1. The molecule has 0 fully saturated rings. The average molecular weight is 351 g/mol. The predicted molar refractivity (Wildman–Crippen MR) is 92.7 cm³/mol. The molecule has 5 heteroatoms. The third-order valence-electron chi connectivity index (χ3n) is 4.12. The topological polar surface area (TPSA) is 6.48 Å². The van der Waals surface area contributed by atoms with Crippen LogP contribution >= 0.6 is 23.2 Å². The van der Waals surface area contributed by atoms with Gasteiger partial charge in [-0.15, -0.1) is 0 Å². The van der Waals surface area contributed by atoms with E-state index in [9.17, 15) is 4.39 Å². The van der Waals surface area contributed by atoms with Crippen molar-refractivity contribution in [2.24, 2.45) is 0 Å². The number of benzene rings is 2. The van der Waals surface area contributed by atoms with Crippen LogP contribution in [0.15, 0.2) is 54.2 Å². The number of halogens is 3. The maximum absolute atomic E-state index is 13.0. The van der Waals surface area contributed by atoms with Gasteiger partial charge in [-0.25, -0.2) is 9.40 Å². The molecule has 0 aliphatic carbocycles. The summed E-state index contributed by atoms with van der Waals surface area (Å²) in [4.78, 5) is 0. The van der Waals surface area contributed by atoms with Crippen LogP contribution in [0.2, 0.25) is 10.0 Å². The lowest BCUT2D eigenvalue weighted by atomic mass is 10.1. The maximum atomic E-state index is 13.0. The van der Waals surface area contributed by atoms with Crippen molar-refractivity contribution in [3.05, 3.63) is 81.2 Å². The Labute approximate surface area is 145 Å². The molecule has 0 spiro atoms. The minimum atomic E-state index is -0.218. The van der Waals surface area contributed by atoms with Gasteiger partial charge in [0, 0.05) is 12.7 Å². The van der Waals surface area contributed by atoms with Gasteiger partial charge < -0.3 is 5.01 Å². The van der Waals surface area contributed by atoms with E-state index in [4.69, 9.17) is 23.2 Å². The van der Waals surface area contributed by atoms with E-state index >= 15 is 0 Å². The summed E-state index contributed by atoms with van der Waals surface area (Å²) in [6.07, 6.45) is 2.18. The zero-order chi connectivity index (χ0) is 16.6. The molecule has 0 saturated heterocycles. The zero-order valence-corrected chi connectivity index (χ0v) is 14.4. The molecule has 2 aromatic carbocycles. The van der Waals surface area contributed by atoms with Crippen molar-refractivity contribution in [2.45, 2.75) is 19.5 Å². The highest BCUT2D eigenvalue weighted by Crippen LogP contribution is 2.35. The van der Waals surface area contributed by atoms with Crippen molar-refractivity contribution in [2.75, 3.05) is 7.05 Å². The maximum Gasteiger partial charge on any atom is 0.123 e. The monoisotopic (exact) mass is 350 g/mol. The molecule has 1 aliphatic heterocycles. The Balaban J connectivity index is 1.81. The number of rotatable bonds is 3. The molecule has 2 aromatic rings. The standard InChI is InChI=1S/C18H17Cl2FN2/c1-12-9-18(14-5-8-16(19)17(20)10-14)22(2)23(12)11-13-3-6-15(21)7-4-13/h3-10,18H,11H2,1-2H3. The number of allylic oxidation sites excluding steroid dienone is 1. The molecular weight excluding hydrogens is 334 g/mol. The fourth-order valence-electron chi connectivity index (χ4n) is 2.83. The first-order chi connectivity index (χ1) is 11.0. The Morgan fingerprint density at radius 3 is 2.39 bits per heavy atom. The Kier molecular flexibility index (Phi) is 4.62. The molecule has 1 unspecified atom stereocenters. The Morgan fingerprint density at radius 2 is 1.74 bits per heavy atom. The number of hydrogen-bond donors (Lipinski definition) is 0. The van der Waals surface area contributed by atoms with E-state index in [0.29, 0.717) is 16.6 Å². The largest absolute Gasteiger partial charge is 0.305 e. The van der Waals surface area contributed by atoms with E-state index in [1.165, 1.54) is 12.1 Å². The van der Waals surface area contributed by atoms with Gasteiger partial charge in [0.2, 0.25) is 0 Å². The molecule has 0 bridgehead atoms. The molecule has 0 aromatic heterocycles. The van der Waals surface area contributed by atoms with Gasteiger partial charge in [-0.1, -0.05) is 41.4 Å². The molecule has 0 saturated carbocycles. The first-order valence-corrected chi connectivity index (χ1v) is 8.09. The lowest BCUT2D eigenvalue weighted by Gasteiger charge is -2.32. The summed E-state index contributed by atoms with van der Waals surface area (Å²) >= 11 is 12.1. The average Bonchev–Trinajstić information content (AvgIpc) is 2.80. The number of likely N-dealkylation sites (N-methyl/N-ethyl adjacent to an activating group) is 1. The van der Waals surface area contributed by atoms with Gasteiger partial charge in [-0.3, -0.25) is 0 Å². The summed E-state index contributed by atoms with van der Waals surface area (Å²) in [5, 5.41) is 5.43. The first-order valence-electron chi connectivity index (χ1n) is 7.34. The third-order valence-corrected chi connectivity index (χ3v) is 4.86. The number of hydrogen-bond acceptors (Lipinski definition) is 2. The fourth-order valence-corrected chi connectivity index (χ4v) is 3.14. The second-order valence-electron chi connectivity index (χ2n) is 5.68. The summed E-state index contributed by atoms with van der Waals surface area (Å²) in [6.45, 7) is 2.76. The van der Waals surface area contributed by atoms with Crippen molar-refractivity contribution in [3.8, 4) is 0 Å². The quantitative estimate of drug-likeness (QED) is 0.727. The Morgan fingerprint density at radius 1 is 1.04 bits per heavy atom.